The quantitative estimate of drug-likeness (QED) is 0.932. The highest BCUT2D eigenvalue weighted by molar-refractivity contribution is 6.33. The largest absolute Gasteiger partial charge is 0.339 e. The number of carbonyl (C=O) groups excluding carboxylic acids is 2. The van der Waals surface area contributed by atoms with Gasteiger partial charge in [-0.25, -0.2) is 4.39 Å². The third-order valence-electron chi connectivity index (χ3n) is 3.34. The summed E-state index contributed by atoms with van der Waals surface area (Å²) >= 11 is 5.86. The van der Waals surface area contributed by atoms with Gasteiger partial charge in [-0.3, -0.25) is 9.59 Å². The van der Waals surface area contributed by atoms with Crippen LogP contribution in [0, 0.1) is 11.7 Å². The molecule has 1 N–H and O–H groups in total. The molecule has 1 saturated heterocycles. The van der Waals surface area contributed by atoms with Gasteiger partial charge in [0, 0.05) is 19.0 Å². The first kappa shape index (κ1) is 14.8. The first-order valence-corrected chi connectivity index (χ1v) is 6.81. The normalized spacial score (nSPS) is 18.8. The molecule has 6 heteroatoms. The summed E-state index contributed by atoms with van der Waals surface area (Å²) < 4.78 is 12.9. The van der Waals surface area contributed by atoms with E-state index in [1.54, 1.807) is 4.90 Å². The van der Waals surface area contributed by atoms with E-state index < -0.39 is 11.7 Å². The number of halogens is 2. The fourth-order valence-electron chi connectivity index (χ4n) is 2.23. The van der Waals surface area contributed by atoms with E-state index in [0.29, 0.717) is 12.2 Å². The molecule has 1 aliphatic heterocycles. The van der Waals surface area contributed by atoms with Crippen molar-refractivity contribution in [3.63, 3.8) is 0 Å². The fraction of sp³-hybridized carbons (Fsp3) is 0.429. The Morgan fingerprint density at radius 3 is 2.75 bits per heavy atom. The first-order valence-electron chi connectivity index (χ1n) is 6.44. The number of hydrogen-bond donors (Lipinski definition) is 1. The topological polar surface area (TPSA) is 49.4 Å². The second-order valence-corrected chi connectivity index (χ2v) is 5.56. The Morgan fingerprint density at radius 1 is 1.50 bits per heavy atom. The Bertz CT molecular complexity index is 548. The zero-order chi connectivity index (χ0) is 14.9. The lowest BCUT2D eigenvalue weighted by Gasteiger charge is -2.20. The van der Waals surface area contributed by atoms with Gasteiger partial charge < -0.3 is 10.2 Å². The van der Waals surface area contributed by atoms with Gasteiger partial charge in [-0.15, -0.1) is 0 Å². The molecule has 0 aliphatic carbocycles. The summed E-state index contributed by atoms with van der Waals surface area (Å²) in [6.45, 7) is 4.23. The van der Waals surface area contributed by atoms with E-state index in [4.69, 9.17) is 11.6 Å². The van der Waals surface area contributed by atoms with Crippen LogP contribution in [0.25, 0.3) is 0 Å². The number of hydrogen-bond acceptors (Lipinski definition) is 2. The lowest BCUT2D eigenvalue weighted by atomic mass is 10.1. The maximum absolute atomic E-state index is 12.9. The molecule has 20 heavy (non-hydrogen) atoms. The monoisotopic (exact) mass is 298 g/mol. The average Bonchev–Trinajstić information content (AvgIpc) is 2.75. The summed E-state index contributed by atoms with van der Waals surface area (Å²) in [6, 6.07) is 3.85. The molecule has 1 fully saturated rings. The van der Waals surface area contributed by atoms with Crippen molar-refractivity contribution in [1.29, 1.82) is 0 Å². The number of anilines is 1. The Morgan fingerprint density at radius 2 is 2.20 bits per heavy atom. The van der Waals surface area contributed by atoms with Crippen LogP contribution in [-0.2, 0) is 9.59 Å². The summed E-state index contributed by atoms with van der Waals surface area (Å²) in [4.78, 5) is 25.6. The van der Waals surface area contributed by atoms with Gasteiger partial charge in [0.1, 0.15) is 5.82 Å². The maximum atomic E-state index is 12.9. The average molecular weight is 299 g/mol. The summed E-state index contributed by atoms with van der Waals surface area (Å²) in [7, 11) is 0. The van der Waals surface area contributed by atoms with Gasteiger partial charge in [0.2, 0.25) is 11.8 Å². The van der Waals surface area contributed by atoms with E-state index in [0.717, 1.165) is 6.07 Å². The summed E-state index contributed by atoms with van der Waals surface area (Å²) in [5.41, 5.74) is 0.355. The Kier molecular flexibility index (Phi) is 4.28. The van der Waals surface area contributed by atoms with Crippen LogP contribution in [0.1, 0.15) is 20.3 Å². The van der Waals surface area contributed by atoms with Crippen LogP contribution in [0.15, 0.2) is 18.2 Å². The predicted molar refractivity (Wildman–Crippen MR) is 75.0 cm³/mol. The molecule has 4 nitrogen and oxygen atoms in total. The molecule has 0 aromatic heterocycles. The van der Waals surface area contributed by atoms with Gasteiger partial charge >= 0.3 is 0 Å². The van der Waals surface area contributed by atoms with E-state index in [9.17, 15) is 14.0 Å². The van der Waals surface area contributed by atoms with Crippen LogP contribution in [0.4, 0.5) is 10.1 Å². The van der Waals surface area contributed by atoms with Crippen molar-refractivity contribution >= 4 is 29.1 Å². The molecule has 0 saturated carbocycles. The fourth-order valence-corrected chi connectivity index (χ4v) is 2.45. The molecule has 1 aromatic rings. The van der Waals surface area contributed by atoms with Crippen molar-refractivity contribution in [1.82, 2.24) is 4.90 Å². The first-order chi connectivity index (χ1) is 9.38. The summed E-state index contributed by atoms with van der Waals surface area (Å²) in [5, 5.41) is 2.78. The highest BCUT2D eigenvalue weighted by Crippen LogP contribution is 2.25. The lowest BCUT2D eigenvalue weighted by molar-refractivity contribution is -0.129. The highest BCUT2D eigenvalue weighted by Gasteiger charge is 2.35. The van der Waals surface area contributed by atoms with Crippen LogP contribution in [0.3, 0.4) is 0 Å². The minimum atomic E-state index is -0.463. The van der Waals surface area contributed by atoms with Crippen molar-refractivity contribution in [2.24, 2.45) is 5.92 Å². The molecular weight excluding hydrogens is 283 g/mol. The van der Waals surface area contributed by atoms with Crippen LogP contribution < -0.4 is 5.32 Å². The van der Waals surface area contributed by atoms with Crippen LogP contribution in [0.2, 0.25) is 5.02 Å². The second kappa shape index (κ2) is 5.79. The third kappa shape index (κ3) is 3.10. The zero-order valence-corrected chi connectivity index (χ0v) is 12.1. The molecule has 2 amide bonds. The maximum Gasteiger partial charge on any atom is 0.229 e. The summed E-state index contributed by atoms with van der Waals surface area (Å²) in [5.74, 6) is -1.15. The molecule has 2 rings (SSSR count). The lowest BCUT2D eigenvalue weighted by Crippen LogP contribution is -2.33. The van der Waals surface area contributed by atoms with Crippen LogP contribution in [0.5, 0.6) is 0 Å². The van der Waals surface area contributed by atoms with E-state index in [-0.39, 0.29) is 29.3 Å². The molecule has 1 atom stereocenters. The molecular formula is C14H16ClFN2O2. The number of rotatable bonds is 3. The van der Waals surface area contributed by atoms with Gasteiger partial charge in [0.25, 0.3) is 0 Å². The number of likely N-dealkylation sites (tertiary alicyclic amines) is 1. The van der Waals surface area contributed by atoms with Crippen molar-refractivity contribution in [2.45, 2.75) is 26.3 Å². The van der Waals surface area contributed by atoms with Crippen LogP contribution >= 0.6 is 11.6 Å². The minimum Gasteiger partial charge on any atom is -0.339 e. The number of benzene rings is 1. The predicted octanol–water partition coefficient (Wildman–Crippen LogP) is 2.67. The van der Waals surface area contributed by atoms with Gasteiger partial charge in [0.15, 0.2) is 0 Å². The molecule has 1 aliphatic rings. The minimum absolute atomic E-state index is 0.0228. The van der Waals surface area contributed by atoms with E-state index in [1.807, 2.05) is 13.8 Å². The molecule has 0 radical (unpaired) electrons. The Hall–Kier alpha value is -1.62. The number of carbonyl (C=O) groups is 2. The molecule has 1 unspecified atom stereocenters. The number of amides is 2. The van der Waals surface area contributed by atoms with Crippen molar-refractivity contribution in [2.75, 3.05) is 11.9 Å². The van der Waals surface area contributed by atoms with E-state index >= 15 is 0 Å². The van der Waals surface area contributed by atoms with Gasteiger partial charge in [-0.05, 0) is 32.0 Å². The van der Waals surface area contributed by atoms with Gasteiger partial charge in [0.05, 0.1) is 16.6 Å². The van der Waals surface area contributed by atoms with E-state index in [1.165, 1.54) is 12.1 Å². The SMILES string of the molecule is CC(C)N1CC(C(=O)Nc2ccc(F)cc2Cl)CC1=O. The Balaban J connectivity index is 2.04. The van der Waals surface area contributed by atoms with Crippen molar-refractivity contribution in [3.05, 3.63) is 29.0 Å². The third-order valence-corrected chi connectivity index (χ3v) is 3.65. The second-order valence-electron chi connectivity index (χ2n) is 5.15. The standard InChI is InChI=1S/C14H16ClFN2O2/c1-8(2)18-7-9(5-13(18)19)14(20)17-12-4-3-10(16)6-11(12)15/h3-4,6,8-9H,5,7H2,1-2H3,(H,17,20). The molecule has 1 aromatic carbocycles. The van der Waals surface area contributed by atoms with Gasteiger partial charge in [-0.1, -0.05) is 11.6 Å². The van der Waals surface area contributed by atoms with E-state index in [2.05, 4.69) is 5.32 Å². The smallest absolute Gasteiger partial charge is 0.229 e. The zero-order valence-electron chi connectivity index (χ0n) is 11.3. The van der Waals surface area contributed by atoms with Gasteiger partial charge in [-0.2, -0.15) is 0 Å². The molecule has 108 valence electrons. The Labute approximate surface area is 121 Å². The number of nitrogens with one attached hydrogen (secondary N) is 1. The molecule has 1 heterocycles. The van der Waals surface area contributed by atoms with Crippen LogP contribution in [-0.4, -0.2) is 29.3 Å². The molecule has 0 spiro atoms. The number of nitrogens with zero attached hydrogens (tertiary/aromatic N) is 1. The molecule has 0 bridgehead atoms. The van der Waals surface area contributed by atoms with Crippen molar-refractivity contribution in [3.8, 4) is 0 Å². The van der Waals surface area contributed by atoms with Crippen molar-refractivity contribution < 1.29 is 14.0 Å². The summed E-state index contributed by atoms with van der Waals surface area (Å²) in [6.07, 6.45) is 0.197. The highest BCUT2D eigenvalue weighted by atomic mass is 35.5.